The molecule has 6 atom stereocenters. The standard InChI is InChI=1S/C11H19NO9/c1-4(14)12-7-5(15)2-11(20,10(18)19)21-9(7)8(17)6(16)3-13/h5-9,13,15-17,20H,2-3H2,1H3,(H,12,14)(H,18,19)/t5?,6-,7?,8-,9?,11-/m1/s1. The summed E-state index contributed by atoms with van der Waals surface area (Å²) >= 11 is 0. The molecule has 1 saturated heterocycles. The van der Waals surface area contributed by atoms with E-state index in [1.54, 1.807) is 0 Å². The molecule has 7 N–H and O–H groups in total. The molecular formula is C11H19NO9. The van der Waals surface area contributed by atoms with Gasteiger partial charge in [-0.05, 0) is 0 Å². The lowest BCUT2D eigenvalue weighted by molar-refractivity contribution is -0.295. The zero-order chi connectivity index (χ0) is 16.4. The van der Waals surface area contributed by atoms with E-state index in [2.05, 4.69) is 5.32 Å². The summed E-state index contributed by atoms with van der Waals surface area (Å²) in [6.45, 7) is 0.256. The number of aliphatic hydroxyl groups is 5. The van der Waals surface area contributed by atoms with Crippen molar-refractivity contribution in [1.82, 2.24) is 5.32 Å². The fraction of sp³-hybridized carbons (Fsp3) is 0.818. The predicted molar refractivity (Wildman–Crippen MR) is 64.8 cm³/mol. The number of amides is 1. The van der Waals surface area contributed by atoms with Gasteiger partial charge in [0.2, 0.25) is 5.91 Å². The molecule has 1 aliphatic heterocycles. The van der Waals surface area contributed by atoms with Gasteiger partial charge in [0.25, 0.3) is 5.79 Å². The Kier molecular flexibility index (Phi) is 5.61. The first-order chi connectivity index (χ1) is 9.62. The fourth-order valence-electron chi connectivity index (χ4n) is 2.14. The van der Waals surface area contributed by atoms with E-state index in [1.807, 2.05) is 0 Å². The molecule has 0 aromatic rings. The molecule has 1 aliphatic rings. The Morgan fingerprint density at radius 1 is 1.43 bits per heavy atom. The smallest absolute Gasteiger partial charge is 0.364 e. The highest BCUT2D eigenvalue weighted by Gasteiger charge is 2.53. The number of aliphatic carboxylic acids is 1. The maximum Gasteiger partial charge on any atom is 0.364 e. The van der Waals surface area contributed by atoms with Crippen molar-refractivity contribution in [3.63, 3.8) is 0 Å². The Balaban J connectivity index is 3.07. The zero-order valence-electron chi connectivity index (χ0n) is 11.2. The number of carbonyl (C=O) groups excluding carboxylic acids is 1. The summed E-state index contributed by atoms with van der Waals surface area (Å²) in [5.41, 5.74) is 0. The second-order valence-electron chi connectivity index (χ2n) is 4.91. The lowest BCUT2D eigenvalue weighted by Gasteiger charge is -2.44. The van der Waals surface area contributed by atoms with Crippen LogP contribution in [-0.4, -0.2) is 85.4 Å². The largest absolute Gasteiger partial charge is 0.477 e. The van der Waals surface area contributed by atoms with E-state index in [-0.39, 0.29) is 0 Å². The van der Waals surface area contributed by atoms with Crippen LogP contribution in [0.25, 0.3) is 0 Å². The molecule has 0 aliphatic carbocycles. The summed E-state index contributed by atoms with van der Waals surface area (Å²) in [5.74, 6) is -5.17. The van der Waals surface area contributed by atoms with Crippen molar-refractivity contribution in [3.8, 4) is 0 Å². The number of ether oxygens (including phenoxy) is 1. The molecule has 1 rings (SSSR count). The highest BCUT2D eigenvalue weighted by Crippen LogP contribution is 2.30. The normalized spacial score (nSPS) is 35.8. The summed E-state index contributed by atoms with van der Waals surface area (Å²) in [6, 6.07) is -1.27. The van der Waals surface area contributed by atoms with E-state index < -0.39 is 61.1 Å². The summed E-state index contributed by atoms with van der Waals surface area (Å²) in [7, 11) is 0. The van der Waals surface area contributed by atoms with Crippen LogP contribution in [0.1, 0.15) is 13.3 Å². The number of carboxylic acid groups (broad SMARTS) is 1. The SMILES string of the molecule is CC(=O)NC1C(O)C[C@](O)(C(=O)O)OC1[C@H](O)[C@H](O)CO. The van der Waals surface area contributed by atoms with Crippen LogP contribution < -0.4 is 5.32 Å². The van der Waals surface area contributed by atoms with Crippen LogP contribution in [0.15, 0.2) is 0 Å². The van der Waals surface area contributed by atoms with Gasteiger partial charge in [0.05, 0.1) is 18.8 Å². The summed E-state index contributed by atoms with van der Waals surface area (Å²) < 4.78 is 4.86. The van der Waals surface area contributed by atoms with Gasteiger partial charge in [-0.25, -0.2) is 4.79 Å². The quantitative estimate of drug-likeness (QED) is 0.268. The van der Waals surface area contributed by atoms with Gasteiger partial charge >= 0.3 is 5.97 Å². The Hall–Kier alpha value is -1.30. The number of nitrogens with one attached hydrogen (secondary N) is 1. The Morgan fingerprint density at radius 3 is 2.43 bits per heavy atom. The first-order valence-electron chi connectivity index (χ1n) is 6.18. The molecule has 1 fully saturated rings. The van der Waals surface area contributed by atoms with Gasteiger partial charge in [0.15, 0.2) is 0 Å². The summed E-state index contributed by atoms with van der Waals surface area (Å²) in [4.78, 5) is 22.1. The van der Waals surface area contributed by atoms with Crippen molar-refractivity contribution in [1.29, 1.82) is 0 Å². The van der Waals surface area contributed by atoms with Crippen LogP contribution in [-0.2, 0) is 14.3 Å². The van der Waals surface area contributed by atoms with Gasteiger partial charge in [0, 0.05) is 13.3 Å². The van der Waals surface area contributed by atoms with Crippen LogP contribution in [0.3, 0.4) is 0 Å². The monoisotopic (exact) mass is 309 g/mol. The number of carbonyl (C=O) groups is 2. The first-order valence-corrected chi connectivity index (χ1v) is 6.18. The molecular weight excluding hydrogens is 290 g/mol. The van der Waals surface area contributed by atoms with E-state index in [0.717, 1.165) is 6.92 Å². The third-order valence-electron chi connectivity index (χ3n) is 3.21. The lowest BCUT2D eigenvalue weighted by atomic mass is 9.88. The van der Waals surface area contributed by atoms with Crippen LogP contribution in [0.5, 0.6) is 0 Å². The van der Waals surface area contributed by atoms with Gasteiger partial charge in [0.1, 0.15) is 18.3 Å². The van der Waals surface area contributed by atoms with Gasteiger partial charge in [-0.3, -0.25) is 4.79 Å². The van der Waals surface area contributed by atoms with Gasteiger partial charge < -0.3 is 40.7 Å². The third kappa shape index (κ3) is 3.87. The van der Waals surface area contributed by atoms with E-state index in [1.165, 1.54) is 0 Å². The number of carboxylic acids is 1. The Morgan fingerprint density at radius 2 is 2.00 bits per heavy atom. The molecule has 0 saturated carbocycles. The van der Waals surface area contributed by atoms with E-state index in [0.29, 0.717) is 0 Å². The highest BCUT2D eigenvalue weighted by atomic mass is 16.7. The fourth-order valence-corrected chi connectivity index (χ4v) is 2.14. The van der Waals surface area contributed by atoms with Crippen LogP contribution in [0.4, 0.5) is 0 Å². The Labute approximate surface area is 119 Å². The minimum Gasteiger partial charge on any atom is -0.477 e. The third-order valence-corrected chi connectivity index (χ3v) is 3.21. The maximum atomic E-state index is 11.1. The highest BCUT2D eigenvalue weighted by molar-refractivity contribution is 5.76. The van der Waals surface area contributed by atoms with Crippen LogP contribution in [0.2, 0.25) is 0 Å². The summed E-state index contributed by atoms with van der Waals surface area (Å²) in [6.07, 6.45) is -7.48. The van der Waals surface area contributed by atoms with Crippen molar-refractivity contribution in [2.75, 3.05) is 6.61 Å². The van der Waals surface area contributed by atoms with Crippen molar-refractivity contribution in [2.45, 2.75) is 49.6 Å². The molecule has 10 nitrogen and oxygen atoms in total. The Bertz CT molecular complexity index is 403. The second-order valence-corrected chi connectivity index (χ2v) is 4.91. The molecule has 122 valence electrons. The zero-order valence-corrected chi connectivity index (χ0v) is 11.2. The van der Waals surface area contributed by atoms with Gasteiger partial charge in [-0.2, -0.15) is 0 Å². The molecule has 0 aromatic carbocycles. The minimum atomic E-state index is -2.78. The topological polar surface area (TPSA) is 177 Å². The van der Waals surface area contributed by atoms with Crippen molar-refractivity contribution in [3.05, 3.63) is 0 Å². The van der Waals surface area contributed by atoms with E-state index >= 15 is 0 Å². The lowest BCUT2D eigenvalue weighted by Crippen LogP contribution is -2.67. The van der Waals surface area contributed by atoms with Gasteiger partial charge in [-0.15, -0.1) is 0 Å². The average molecular weight is 309 g/mol. The van der Waals surface area contributed by atoms with Gasteiger partial charge in [-0.1, -0.05) is 0 Å². The van der Waals surface area contributed by atoms with E-state index in [4.69, 9.17) is 14.9 Å². The van der Waals surface area contributed by atoms with Crippen molar-refractivity contribution in [2.24, 2.45) is 0 Å². The molecule has 0 spiro atoms. The molecule has 3 unspecified atom stereocenters. The second kappa shape index (κ2) is 6.64. The molecule has 10 heteroatoms. The van der Waals surface area contributed by atoms with Crippen molar-refractivity contribution < 1.29 is 45.0 Å². The summed E-state index contributed by atoms with van der Waals surface area (Å²) in [5, 5.41) is 59.0. The molecule has 0 bridgehead atoms. The molecule has 21 heavy (non-hydrogen) atoms. The number of rotatable bonds is 5. The maximum absolute atomic E-state index is 11.1. The minimum absolute atomic E-state index is 0.598. The molecule has 0 radical (unpaired) electrons. The number of hydrogen-bond acceptors (Lipinski definition) is 8. The number of hydrogen-bond donors (Lipinski definition) is 7. The molecule has 1 heterocycles. The molecule has 1 amide bonds. The number of aliphatic hydroxyl groups excluding tert-OH is 4. The van der Waals surface area contributed by atoms with Crippen LogP contribution in [0, 0.1) is 0 Å². The first kappa shape index (κ1) is 17.8. The predicted octanol–water partition coefficient (Wildman–Crippen LogP) is -3.87. The van der Waals surface area contributed by atoms with Crippen molar-refractivity contribution >= 4 is 11.9 Å². The molecule has 0 aromatic heterocycles. The average Bonchev–Trinajstić information content (AvgIpc) is 2.39. The van der Waals surface area contributed by atoms with Crippen LogP contribution >= 0.6 is 0 Å². The van der Waals surface area contributed by atoms with E-state index in [9.17, 15) is 30.0 Å².